The molecule has 1 amide bonds. The minimum atomic E-state index is -0.501. The van der Waals surface area contributed by atoms with E-state index in [0.29, 0.717) is 17.2 Å². The van der Waals surface area contributed by atoms with Crippen LogP contribution in [0.4, 0.5) is 5.69 Å². The van der Waals surface area contributed by atoms with Gasteiger partial charge in [-0.3, -0.25) is 4.79 Å². The molecule has 4 heteroatoms. The molecule has 0 atom stereocenters. The highest BCUT2D eigenvalue weighted by atomic mass is 16.5. The van der Waals surface area contributed by atoms with E-state index in [0.717, 1.165) is 5.56 Å². The summed E-state index contributed by atoms with van der Waals surface area (Å²) in [4.78, 5) is 23.7. The van der Waals surface area contributed by atoms with Crippen molar-refractivity contribution in [2.75, 3.05) is 11.9 Å². The number of hydrogen-bond acceptors (Lipinski definition) is 3. The molecule has 2 aromatic rings. The van der Waals surface area contributed by atoms with Gasteiger partial charge in [-0.15, -0.1) is 0 Å². The van der Waals surface area contributed by atoms with E-state index in [1.54, 1.807) is 18.2 Å². The first-order valence-corrected chi connectivity index (χ1v) is 7.59. The van der Waals surface area contributed by atoms with Crippen LogP contribution in [0.15, 0.2) is 48.5 Å². The van der Waals surface area contributed by atoms with Crippen molar-refractivity contribution in [3.8, 4) is 0 Å². The van der Waals surface area contributed by atoms with Crippen LogP contribution in [-0.4, -0.2) is 18.5 Å². The molecule has 0 saturated heterocycles. The summed E-state index contributed by atoms with van der Waals surface area (Å²) >= 11 is 0. The van der Waals surface area contributed by atoms with Crippen molar-refractivity contribution in [2.24, 2.45) is 0 Å². The van der Waals surface area contributed by atoms with Crippen LogP contribution in [0.2, 0.25) is 0 Å². The van der Waals surface area contributed by atoms with Crippen molar-refractivity contribution >= 4 is 17.6 Å². The summed E-state index contributed by atoms with van der Waals surface area (Å²) in [6, 6.07) is 14.7. The molecule has 0 aliphatic rings. The van der Waals surface area contributed by atoms with Crippen LogP contribution in [0, 0.1) is 6.92 Å². The van der Waals surface area contributed by atoms with Gasteiger partial charge in [-0.05, 0) is 42.7 Å². The van der Waals surface area contributed by atoms with Gasteiger partial charge in [0.15, 0.2) is 6.61 Å². The van der Waals surface area contributed by atoms with Crippen molar-refractivity contribution in [1.82, 2.24) is 0 Å². The van der Waals surface area contributed by atoms with E-state index >= 15 is 0 Å². The van der Waals surface area contributed by atoms with Gasteiger partial charge in [-0.25, -0.2) is 4.79 Å². The summed E-state index contributed by atoms with van der Waals surface area (Å²) in [5.74, 6) is -0.419. The Morgan fingerprint density at radius 1 is 1.09 bits per heavy atom. The number of esters is 1. The summed E-state index contributed by atoms with van der Waals surface area (Å²) in [7, 11) is 0. The van der Waals surface area contributed by atoms with Crippen LogP contribution in [0.3, 0.4) is 0 Å². The van der Waals surface area contributed by atoms with E-state index < -0.39 is 5.97 Å². The van der Waals surface area contributed by atoms with Gasteiger partial charge in [0.05, 0.1) is 5.56 Å². The molecule has 0 fully saturated rings. The van der Waals surface area contributed by atoms with Crippen LogP contribution in [-0.2, 0) is 9.53 Å². The molecule has 0 heterocycles. The Hall–Kier alpha value is -2.62. The van der Waals surface area contributed by atoms with Gasteiger partial charge in [-0.1, -0.05) is 43.7 Å². The fraction of sp³-hybridized carbons (Fsp3) is 0.263. The van der Waals surface area contributed by atoms with Gasteiger partial charge in [0.2, 0.25) is 0 Å². The van der Waals surface area contributed by atoms with Crippen LogP contribution in [0.1, 0.15) is 41.3 Å². The van der Waals surface area contributed by atoms with Crippen molar-refractivity contribution in [1.29, 1.82) is 0 Å². The van der Waals surface area contributed by atoms with E-state index in [-0.39, 0.29) is 12.5 Å². The Bertz CT molecular complexity index is 690. The Morgan fingerprint density at radius 2 is 1.78 bits per heavy atom. The third-order valence-corrected chi connectivity index (χ3v) is 3.45. The van der Waals surface area contributed by atoms with Gasteiger partial charge < -0.3 is 10.1 Å². The molecule has 2 aromatic carbocycles. The zero-order valence-corrected chi connectivity index (χ0v) is 13.6. The standard InChI is InChI=1S/C19H21NO3/c1-13(2)15-7-9-17(10-8-15)20-18(21)12-23-19(22)16-6-4-5-14(3)11-16/h4-11,13H,12H2,1-3H3,(H,20,21). The average Bonchev–Trinajstić information content (AvgIpc) is 2.53. The Kier molecular flexibility index (Phi) is 5.52. The quantitative estimate of drug-likeness (QED) is 0.852. The lowest BCUT2D eigenvalue weighted by atomic mass is 10.0. The van der Waals surface area contributed by atoms with Gasteiger partial charge in [0, 0.05) is 5.69 Å². The number of carbonyl (C=O) groups excluding carboxylic acids is 2. The third-order valence-electron chi connectivity index (χ3n) is 3.45. The molecule has 0 aromatic heterocycles. The van der Waals surface area contributed by atoms with E-state index in [2.05, 4.69) is 19.2 Å². The van der Waals surface area contributed by atoms with Crippen LogP contribution in [0.5, 0.6) is 0 Å². The highest BCUT2D eigenvalue weighted by Gasteiger charge is 2.10. The molecule has 23 heavy (non-hydrogen) atoms. The Labute approximate surface area is 136 Å². The summed E-state index contributed by atoms with van der Waals surface area (Å²) in [5.41, 5.74) is 3.30. The van der Waals surface area contributed by atoms with Gasteiger partial charge in [0.1, 0.15) is 0 Å². The second-order valence-electron chi connectivity index (χ2n) is 5.77. The molecule has 0 bridgehead atoms. The first-order valence-electron chi connectivity index (χ1n) is 7.59. The summed E-state index contributed by atoms with van der Waals surface area (Å²) in [6.07, 6.45) is 0. The van der Waals surface area contributed by atoms with E-state index in [1.165, 1.54) is 5.56 Å². The zero-order chi connectivity index (χ0) is 16.8. The first kappa shape index (κ1) is 16.7. The number of benzene rings is 2. The molecule has 4 nitrogen and oxygen atoms in total. The zero-order valence-electron chi connectivity index (χ0n) is 13.6. The highest BCUT2D eigenvalue weighted by Crippen LogP contribution is 2.17. The number of anilines is 1. The molecule has 0 aliphatic carbocycles. The van der Waals surface area contributed by atoms with Gasteiger partial charge in [-0.2, -0.15) is 0 Å². The van der Waals surface area contributed by atoms with Crippen molar-refractivity contribution in [3.63, 3.8) is 0 Å². The maximum absolute atomic E-state index is 11.9. The maximum Gasteiger partial charge on any atom is 0.338 e. The fourth-order valence-corrected chi connectivity index (χ4v) is 2.13. The predicted octanol–water partition coefficient (Wildman–Crippen LogP) is 3.91. The van der Waals surface area contributed by atoms with E-state index in [4.69, 9.17) is 4.74 Å². The molecule has 0 aliphatic heterocycles. The molecule has 0 radical (unpaired) electrons. The number of amides is 1. The fourth-order valence-electron chi connectivity index (χ4n) is 2.13. The second-order valence-corrected chi connectivity index (χ2v) is 5.77. The molecular formula is C19H21NO3. The van der Waals surface area contributed by atoms with Crippen LogP contribution >= 0.6 is 0 Å². The van der Waals surface area contributed by atoms with Gasteiger partial charge in [0.25, 0.3) is 5.91 Å². The van der Waals surface area contributed by atoms with Crippen molar-refractivity contribution in [2.45, 2.75) is 26.7 Å². The average molecular weight is 311 g/mol. The minimum absolute atomic E-state index is 0.307. The second kappa shape index (κ2) is 7.58. The van der Waals surface area contributed by atoms with Crippen LogP contribution < -0.4 is 5.32 Å². The molecule has 120 valence electrons. The lowest BCUT2D eigenvalue weighted by Crippen LogP contribution is -2.20. The molecule has 2 rings (SSSR count). The lowest BCUT2D eigenvalue weighted by molar-refractivity contribution is -0.119. The number of aryl methyl sites for hydroxylation is 1. The summed E-state index contributed by atoms with van der Waals surface area (Å²) in [5, 5.41) is 2.71. The Balaban J connectivity index is 1.86. The van der Waals surface area contributed by atoms with E-state index in [9.17, 15) is 9.59 Å². The molecular weight excluding hydrogens is 290 g/mol. The molecule has 1 N–H and O–H groups in total. The first-order chi connectivity index (χ1) is 11.0. The van der Waals surface area contributed by atoms with Crippen LogP contribution in [0.25, 0.3) is 0 Å². The highest BCUT2D eigenvalue weighted by molar-refractivity contribution is 5.95. The normalized spacial score (nSPS) is 10.4. The number of rotatable bonds is 5. The number of hydrogen-bond donors (Lipinski definition) is 1. The third kappa shape index (κ3) is 4.95. The van der Waals surface area contributed by atoms with Gasteiger partial charge >= 0.3 is 5.97 Å². The smallest absolute Gasteiger partial charge is 0.338 e. The largest absolute Gasteiger partial charge is 0.452 e. The topological polar surface area (TPSA) is 55.4 Å². The minimum Gasteiger partial charge on any atom is -0.452 e. The number of carbonyl (C=O) groups is 2. The molecule has 0 spiro atoms. The number of nitrogens with one attached hydrogen (secondary N) is 1. The predicted molar refractivity (Wildman–Crippen MR) is 90.6 cm³/mol. The molecule has 0 saturated carbocycles. The SMILES string of the molecule is Cc1cccc(C(=O)OCC(=O)Nc2ccc(C(C)C)cc2)c1. The Morgan fingerprint density at radius 3 is 2.39 bits per heavy atom. The lowest BCUT2D eigenvalue weighted by Gasteiger charge is -2.09. The monoisotopic (exact) mass is 311 g/mol. The molecule has 0 unspecified atom stereocenters. The van der Waals surface area contributed by atoms with Crippen molar-refractivity contribution < 1.29 is 14.3 Å². The number of ether oxygens (including phenoxy) is 1. The van der Waals surface area contributed by atoms with E-state index in [1.807, 2.05) is 37.3 Å². The summed E-state index contributed by atoms with van der Waals surface area (Å²) < 4.78 is 5.03. The van der Waals surface area contributed by atoms with Crippen molar-refractivity contribution in [3.05, 3.63) is 65.2 Å². The summed E-state index contributed by atoms with van der Waals surface area (Å²) in [6.45, 7) is 5.81. The maximum atomic E-state index is 11.9.